The first kappa shape index (κ1) is 26.9. The number of ether oxygens (including phenoxy) is 1. The third-order valence-electron chi connectivity index (χ3n) is 5.59. The van der Waals surface area contributed by atoms with Gasteiger partial charge in [0.15, 0.2) is 17.3 Å². The molecule has 0 saturated carbocycles. The molecule has 0 spiro atoms. The lowest BCUT2D eigenvalue weighted by atomic mass is 9.98. The van der Waals surface area contributed by atoms with Crippen molar-refractivity contribution < 1.29 is 33.8 Å². The molecule has 0 atom stereocenters. The molecule has 0 aliphatic heterocycles. The van der Waals surface area contributed by atoms with Crippen molar-refractivity contribution in [2.24, 2.45) is 5.73 Å². The van der Waals surface area contributed by atoms with Gasteiger partial charge in [0.1, 0.15) is 17.1 Å². The number of halogens is 2. The molecule has 0 bridgehead atoms. The molecule has 8 nitrogen and oxygen atoms in total. The Balaban J connectivity index is 1.72. The first-order chi connectivity index (χ1) is 17.6. The van der Waals surface area contributed by atoms with Gasteiger partial charge in [0.2, 0.25) is 5.91 Å². The molecule has 0 aliphatic rings. The quantitative estimate of drug-likeness (QED) is 0.0929. The summed E-state index contributed by atoms with van der Waals surface area (Å²) >= 11 is 3.88. The number of benzene rings is 3. The second kappa shape index (κ2) is 11.5. The standard InChI is InChI=1S/C27H21I2NO7/c28-17-10-15(11-18(29)27(17)35)26(34)25-16-12-19(31)22(37-24(33)9-14-5-2-1-3-6-14)13-21(16)36-20(25)7-4-8-23(30)32/h1-3,5-6,10-13,31,35H,4,7-9H2,(H2,30,32). The normalized spacial score (nSPS) is 11.0. The van der Waals surface area contributed by atoms with Gasteiger partial charge in [0.25, 0.3) is 0 Å². The number of furan rings is 1. The van der Waals surface area contributed by atoms with E-state index in [0.717, 1.165) is 5.56 Å². The van der Waals surface area contributed by atoms with Crippen LogP contribution < -0.4 is 10.5 Å². The van der Waals surface area contributed by atoms with Crippen LogP contribution in [0.25, 0.3) is 11.0 Å². The lowest BCUT2D eigenvalue weighted by Gasteiger charge is -2.08. The topological polar surface area (TPSA) is 140 Å². The number of fused-ring (bicyclic) bond motifs is 1. The van der Waals surface area contributed by atoms with Crippen molar-refractivity contribution >= 4 is 73.8 Å². The van der Waals surface area contributed by atoms with Gasteiger partial charge in [-0.2, -0.15) is 0 Å². The van der Waals surface area contributed by atoms with E-state index in [0.29, 0.717) is 30.3 Å². The Morgan fingerprint density at radius 1 is 0.973 bits per heavy atom. The molecule has 0 unspecified atom stereocenters. The highest BCUT2D eigenvalue weighted by Gasteiger charge is 2.25. The molecule has 0 aliphatic carbocycles. The van der Waals surface area contributed by atoms with Crippen molar-refractivity contribution in [1.82, 2.24) is 0 Å². The zero-order chi connectivity index (χ0) is 26.7. The fourth-order valence-corrected chi connectivity index (χ4v) is 5.62. The number of esters is 1. The van der Waals surface area contributed by atoms with Crippen molar-refractivity contribution in [3.05, 3.63) is 84.2 Å². The minimum Gasteiger partial charge on any atom is -0.506 e. The molecule has 4 aromatic rings. The molecule has 3 aromatic carbocycles. The van der Waals surface area contributed by atoms with Crippen molar-refractivity contribution in [3.8, 4) is 17.2 Å². The first-order valence-electron chi connectivity index (χ1n) is 11.2. The Morgan fingerprint density at radius 2 is 1.65 bits per heavy atom. The summed E-state index contributed by atoms with van der Waals surface area (Å²) in [5, 5.41) is 21.1. The summed E-state index contributed by atoms with van der Waals surface area (Å²) in [7, 11) is 0. The largest absolute Gasteiger partial charge is 0.506 e. The van der Waals surface area contributed by atoms with Crippen LogP contribution in [0.3, 0.4) is 0 Å². The Bertz CT molecular complexity index is 1490. The summed E-state index contributed by atoms with van der Waals surface area (Å²) in [6, 6.07) is 14.9. The van der Waals surface area contributed by atoms with Gasteiger partial charge in [-0.1, -0.05) is 30.3 Å². The average molecular weight is 725 g/mol. The van der Waals surface area contributed by atoms with Gasteiger partial charge >= 0.3 is 5.97 Å². The maximum absolute atomic E-state index is 13.6. The van der Waals surface area contributed by atoms with Crippen LogP contribution in [0.2, 0.25) is 0 Å². The third kappa shape index (κ3) is 6.24. The fourth-order valence-electron chi connectivity index (χ4n) is 3.86. The van der Waals surface area contributed by atoms with E-state index in [2.05, 4.69) is 0 Å². The molecular weight excluding hydrogens is 704 g/mol. The van der Waals surface area contributed by atoms with E-state index in [1.807, 2.05) is 63.4 Å². The molecule has 1 aromatic heterocycles. The molecule has 10 heteroatoms. The van der Waals surface area contributed by atoms with Crippen molar-refractivity contribution in [2.45, 2.75) is 25.7 Å². The predicted octanol–water partition coefficient (Wildman–Crippen LogP) is 5.24. The fraction of sp³-hybridized carbons (Fsp3) is 0.148. The summed E-state index contributed by atoms with van der Waals surface area (Å²) in [4.78, 5) is 37.3. The number of carbonyl (C=O) groups excluding carboxylic acids is 3. The van der Waals surface area contributed by atoms with E-state index in [1.54, 1.807) is 24.3 Å². The number of hydrogen-bond acceptors (Lipinski definition) is 7. The Labute approximate surface area is 239 Å². The van der Waals surface area contributed by atoms with E-state index in [1.165, 1.54) is 12.1 Å². The van der Waals surface area contributed by atoms with Crippen LogP contribution in [0.5, 0.6) is 17.2 Å². The number of ketones is 1. The highest BCUT2D eigenvalue weighted by atomic mass is 127. The number of nitrogens with two attached hydrogens (primary N) is 1. The van der Waals surface area contributed by atoms with Crippen molar-refractivity contribution in [2.75, 3.05) is 0 Å². The van der Waals surface area contributed by atoms with Gasteiger partial charge in [-0.25, -0.2) is 0 Å². The third-order valence-corrected chi connectivity index (χ3v) is 7.24. The van der Waals surface area contributed by atoms with Crippen LogP contribution in [0.1, 0.15) is 40.1 Å². The van der Waals surface area contributed by atoms with E-state index in [9.17, 15) is 24.6 Å². The number of amides is 1. The average Bonchev–Trinajstić information content (AvgIpc) is 3.19. The zero-order valence-electron chi connectivity index (χ0n) is 19.3. The van der Waals surface area contributed by atoms with E-state index in [4.69, 9.17) is 14.9 Å². The summed E-state index contributed by atoms with van der Waals surface area (Å²) < 4.78 is 12.4. The number of phenolic OH excluding ortho intramolecular Hbond substituents is 2. The van der Waals surface area contributed by atoms with E-state index < -0.39 is 11.9 Å². The summed E-state index contributed by atoms with van der Waals surface area (Å²) in [6.07, 6.45) is 0.712. The molecule has 0 fully saturated rings. The maximum Gasteiger partial charge on any atom is 0.315 e. The predicted molar refractivity (Wildman–Crippen MR) is 153 cm³/mol. The number of phenols is 2. The molecule has 0 radical (unpaired) electrons. The highest BCUT2D eigenvalue weighted by molar-refractivity contribution is 14.1. The zero-order valence-corrected chi connectivity index (χ0v) is 23.6. The van der Waals surface area contributed by atoms with Crippen LogP contribution in [0.15, 0.2) is 59.0 Å². The first-order valence-corrected chi connectivity index (χ1v) is 13.3. The van der Waals surface area contributed by atoms with Crippen LogP contribution in [-0.4, -0.2) is 27.9 Å². The minimum atomic E-state index is -0.571. The maximum atomic E-state index is 13.6. The summed E-state index contributed by atoms with van der Waals surface area (Å²) in [5.41, 5.74) is 6.80. The number of primary amides is 1. The molecular formula is C27H21I2NO7. The Morgan fingerprint density at radius 3 is 2.30 bits per heavy atom. The Hall–Kier alpha value is -3.13. The second-order valence-corrected chi connectivity index (χ2v) is 10.6. The molecule has 1 heterocycles. The lowest BCUT2D eigenvalue weighted by Crippen LogP contribution is -2.11. The minimum absolute atomic E-state index is 0.0106. The van der Waals surface area contributed by atoms with E-state index in [-0.39, 0.29) is 53.4 Å². The summed E-state index contributed by atoms with van der Waals surface area (Å²) in [6.45, 7) is 0. The molecule has 190 valence electrons. The molecule has 0 saturated heterocycles. The molecule has 1 amide bonds. The smallest absolute Gasteiger partial charge is 0.315 e. The van der Waals surface area contributed by atoms with Crippen molar-refractivity contribution in [3.63, 3.8) is 0 Å². The molecule has 4 rings (SSSR count). The van der Waals surface area contributed by atoms with Gasteiger partial charge in [-0.15, -0.1) is 0 Å². The lowest BCUT2D eigenvalue weighted by molar-refractivity contribution is -0.133. The number of hydrogen-bond donors (Lipinski definition) is 3. The van der Waals surface area contributed by atoms with Crippen LogP contribution in [-0.2, 0) is 22.4 Å². The van der Waals surface area contributed by atoms with Crippen LogP contribution in [0, 0.1) is 7.14 Å². The van der Waals surface area contributed by atoms with Gasteiger partial charge in [0.05, 0.1) is 19.1 Å². The number of aromatic hydroxyl groups is 2. The van der Waals surface area contributed by atoms with Gasteiger partial charge < -0.3 is 25.1 Å². The van der Waals surface area contributed by atoms with Gasteiger partial charge in [-0.05, 0) is 75.4 Å². The second-order valence-electron chi connectivity index (χ2n) is 8.29. The SMILES string of the molecule is NC(=O)CCCc1oc2cc(OC(=O)Cc3ccccc3)c(O)cc2c1C(=O)c1cc(I)c(O)c(I)c1. The number of aryl methyl sites for hydroxylation is 1. The summed E-state index contributed by atoms with van der Waals surface area (Å²) in [5.74, 6) is -1.46. The molecule has 37 heavy (non-hydrogen) atoms. The van der Waals surface area contributed by atoms with Crippen molar-refractivity contribution in [1.29, 1.82) is 0 Å². The van der Waals surface area contributed by atoms with Crippen LogP contribution >= 0.6 is 45.2 Å². The van der Waals surface area contributed by atoms with Gasteiger partial charge in [-0.3, -0.25) is 14.4 Å². The van der Waals surface area contributed by atoms with Crippen LogP contribution in [0.4, 0.5) is 0 Å². The van der Waals surface area contributed by atoms with Gasteiger partial charge in [0, 0.05) is 29.9 Å². The number of rotatable bonds is 9. The Kier molecular flexibility index (Phi) is 8.37. The monoisotopic (exact) mass is 725 g/mol. The molecule has 4 N–H and O–H groups in total. The number of carbonyl (C=O) groups is 3. The van der Waals surface area contributed by atoms with E-state index >= 15 is 0 Å². The highest BCUT2D eigenvalue weighted by Crippen LogP contribution is 2.38.